The van der Waals surface area contributed by atoms with Gasteiger partial charge in [0, 0.05) is 12.6 Å². The molecule has 1 atom stereocenters. The van der Waals surface area contributed by atoms with E-state index in [-0.39, 0.29) is 6.61 Å². The fraction of sp³-hybridized carbons (Fsp3) is 0.350. The molecule has 2 aromatic carbocycles. The standard InChI is InChI=1S/C20H23ClN2O3/c1-25-17-10-13(9-16(21)20(17)26-12-18(22)24)11-23-19(15-7-8-15)14-5-3-2-4-6-14/h2-6,9-10,15,19,23H,7-8,11-12H2,1H3,(H2,22,24). The second-order valence-electron chi connectivity index (χ2n) is 6.47. The van der Waals surface area contributed by atoms with E-state index in [0.717, 1.165) is 5.56 Å². The zero-order chi connectivity index (χ0) is 18.5. The van der Waals surface area contributed by atoms with Crippen LogP contribution in [0.1, 0.15) is 30.0 Å². The highest BCUT2D eigenvalue weighted by Gasteiger charge is 2.31. The van der Waals surface area contributed by atoms with Crippen molar-refractivity contribution in [2.75, 3.05) is 13.7 Å². The Morgan fingerprint density at radius 2 is 2.04 bits per heavy atom. The first-order chi connectivity index (χ1) is 12.6. The van der Waals surface area contributed by atoms with Gasteiger partial charge in [0.05, 0.1) is 12.1 Å². The first kappa shape index (κ1) is 18.5. The molecule has 0 aliphatic heterocycles. The summed E-state index contributed by atoms with van der Waals surface area (Å²) in [7, 11) is 1.54. The van der Waals surface area contributed by atoms with Crippen LogP contribution in [-0.4, -0.2) is 19.6 Å². The number of rotatable bonds is 9. The van der Waals surface area contributed by atoms with Gasteiger partial charge in [-0.15, -0.1) is 0 Å². The van der Waals surface area contributed by atoms with Crippen LogP contribution in [0.25, 0.3) is 0 Å². The van der Waals surface area contributed by atoms with Gasteiger partial charge >= 0.3 is 0 Å². The van der Waals surface area contributed by atoms with E-state index in [9.17, 15) is 4.79 Å². The molecule has 5 nitrogen and oxygen atoms in total. The monoisotopic (exact) mass is 374 g/mol. The van der Waals surface area contributed by atoms with Gasteiger partial charge in [-0.05, 0) is 42.0 Å². The summed E-state index contributed by atoms with van der Waals surface area (Å²) in [6, 6.07) is 14.5. The Labute approximate surface area is 158 Å². The second kappa shape index (κ2) is 8.43. The highest BCUT2D eigenvalue weighted by molar-refractivity contribution is 6.32. The van der Waals surface area contributed by atoms with Crippen molar-refractivity contribution < 1.29 is 14.3 Å². The van der Waals surface area contributed by atoms with Crippen molar-refractivity contribution in [2.45, 2.75) is 25.4 Å². The molecular formula is C20H23ClN2O3. The second-order valence-corrected chi connectivity index (χ2v) is 6.88. The van der Waals surface area contributed by atoms with E-state index in [1.165, 1.54) is 25.5 Å². The molecule has 1 saturated carbocycles. The molecular weight excluding hydrogens is 352 g/mol. The zero-order valence-corrected chi connectivity index (χ0v) is 15.5. The summed E-state index contributed by atoms with van der Waals surface area (Å²) < 4.78 is 10.7. The van der Waals surface area contributed by atoms with Crippen LogP contribution >= 0.6 is 11.6 Å². The Morgan fingerprint density at radius 3 is 2.65 bits per heavy atom. The molecule has 1 unspecified atom stereocenters. The van der Waals surface area contributed by atoms with Gasteiger partial charge in [-0.3, -0.25) is 4.79 Å². The Bertz CT molecular complexity index is 763. The molecule has 0 bridgehead atoms. The van der Waals surface area contributed by atoms with E-state index >= 15 is 0 Å². The normalized spacial score (nSPS) is 14.7. The van der Waals surface area contributed by atoms with Crippen LogP contribution in [0.5, 0.6) is 11.5 Å². The lowest BCUT2D eigenvalue weighted by Gasteiger charge is -2.20. The molecule has 0 heterocycles. The van der Waals surface area contributed by atoms with Gasteiger partial charge < -0.3 is 20.5 Å². The molecule has 3 rings (SSSR count). The molecule has 1 aliphatic carbocycles. The number of nitrogens with two attached hydrogens (primary N) is 1. The maximum Gasteiger partial charge on any atom is 0.255 e. The number of benzene rings is 2. The smallest absolute Gasteiger partial charge is 0.255 e. The fourth-order valence-electron chi connectivity index (χ4n) is 3.03. The maximum absolute atomic E-state index is 10.9. The summed E-state index contributed by atoms with van der Waals surface area (Å²) in [4.78, 5) is 10.9. The van der Waals surface area contributed by atoms with Gasteiger partial charge in [0.1, 0.15) is 0 Å². The molecule has 3 N–H and O–H groups in total. The number of ether oxygens (including phenoxy) is 2. The summed E-state index contributed by atoms with van der Waals surface area (Å²) in [5, 5.41) is 4.03. The number of nitrogens with one attached hydrogen (secondary N) is 1. The van der Waals surface area contributed by atoms with Crippen molar-refractivity contribution in [3.8, 4) is 11.5 Å². The molecule has 138 valence electrons. The third-order valence-corrected chi connectivity index (χ3v) is 4.71. The van der Waals surface area contributed by atoms with E-state index < -0.39 is 5.91 Å². The minimum atomic E-state index is -0.566. The molecule has 0 spiro atoms. The van der Waals surface area contributed by atoms with Crippen LogP contribution in [0.4, 0.5) is 0 Å². The van der Waals surface area contributed by atoms with Crippen molar-refractivity contribution in [3.63, 3.8) is 0 Å². The predicted molar refractivity (Wildman–Crippen MR) is 101 cm³/mol. The molecule has 26 heavy (non-hydrogen) atoms. The summed E-state index contributed by atoms with van der Waals surface area (Å²) in [5.41, 5.74) is 7.41. The van der Waals surface area contributed by atoms with Crippen LogP contribution in [-0.2, 0) is 11.3 Å². The first-order valence-corrected chi connectivity index (χ1v) is 9.02. The SMILES string of the molecule is COc1cc(CNC(c2ccccc2)C2CC2)cc(Cl)c1OCC(N)=O. The number of primary amides is 1. The number of halogens is 1. The molecule has 1 amide bonds. The van der Waals surface area contributed by atoms with E-state index in [1.807, 2.05) is 18.2 Å². The molecule has 2 aromatic rings. The maximum atomic E-state index is 10.9. The number of methoxy groups -OCH3 is 1. The zero-order valence-electron chi connectivity index (χ0n) is 14.7. The van der Waals surface area contributed by atoms with Gasteiger partial charge in [0.15, 0.2) is 18.1 Å². The molecule has 6 heteroatoms. The minimum absolute atomic E-state index is 0.245. The van der Waals surface area contributed by atoms with Crippen molar-refractivity contribution in [2.24, 2.45) is 11.7 Å². The highest BCUT2D eigenvalue weighted by Crippen LogP contribution is 2.41. The first-order valence-electron chi connectivity index (χ1n) is 8.64. The van der Waals surface area contributed by atoms with E-state index in [4.69, 9.17) is 26.8 Å². The number of hydrogen-bond donors (Lipinski definition) is 2. The fourth-order valence-corrected chi connectivity index (χ4v) is 3.32. The van der Waals surface area contributed by atoms with Crippen molar-refractivity contribution in [3.05, 3.63) is 58.6 Å². The van der Waals surface area contributed by atoms with E-state index in [1.54, 1.807) is 0 Å². The quantitative estimate of drug-likeness (QED) is 0.705. The van der Waals surface area contributed by atoms with Gasteiger partial charge in [0.25, 0.3) is 5.91 Å². The number of hydrogen-bond acceptors (Lipinski definition) is 4. The summed E-state index contributed by atoms with van der Waals surface area (Å²) >= 11 is 6.32. The molecule has 0 radical (unpaired) electrons. The lowest BCUT2D eigenvalue weighted by Crippen LogP contribution is -2.23. The molecule has 0 saturated heterocycles. The lowest BCUT2D eigenvalue weighted by molar-refractivity contribution is -0.119. The van der Waals surface area contributed by atoms with Crippen LogP contribution in [0.3, 0.4) is 0 Å². The minimum Gasteiger partial charge on any atom is -0.493 e. The molecule has 1 aliphatic rings. The van der Waals surface area contributed by atoms with Gasteiger partial charge in [0.2, 0.25) is 0 Å². The third-order valence-electron chi connectivity index (χ3n) is 4.43. The summed E-state index contributed by atoms with van der Waals surface area (Å²) in [6.07, 6.45) is 2.49. The average molecular weight is 375 g/mol. The number of amides is 1. The average Bonchev–Trinajstić information content (AvgIpc) is 3.46. The summed E-state index contributed by atoms with van der Waals surface area (Å²) in [6.45, 7) is 0.410. The Balaban J connectivity index is 1.73. The van der Waals surface area contributed by atoms with Gasteiger partial charge in [-0.25, -0.2) is 0 Å². The predicted octanol–water partition coefficient (Wildman–Crippen LogP) is 3.45. The Hall–Kier alpha value is -2.24. The molecule has 1 fully saturated rings. The van der Waals surface area contributed by atoms with Crippen molar-refractivity contribution in [1.29, 1.82) is 0 Å². The number of carbonyl (C=O) groups excluding carboxylic acids is 1. The largest absolute Gasteiger partial charge is 0.493 e. The van der Waals surface area contributed by atoms with Crippen LogP contribution in [0.2, 0.25) is 5.02 Å². The summed E-state index contributed by atoms with van der Waals surface area (Å²) in [5.74, 6) is 0.925. The highest BCUT2D eigenvalue weighted by atomic mass is 35.5. The van der Waals surface area contributed by atoms with E-state index in [2.05, 4.69) is 29.6 Å². The molecule has 0 aromatic heterocycles. The van der Waals surface area contributed by atoms with Crippen LogP contribution < -0.4 is 20.5 Å². The number of carbonyl (C=O) groups is 1. The van der Waals surface area contributed by atoms with Crippen LogP contribution in [0.15, 0.2) is 42.5 Å². The van der Waals surface area contributed by atoms with E-state index in [0.29, 0.717) is 35.0 Å². The van der Waals surface area contributed by atoms with Gasteiger partial charge in [-0.1, -0.05) is 41.9 Å². The Morgan fingerprint density at radius 1 is 1.31 bits per heavy atom. The third kappa shape index (κ3) is 4.68. The van der Waals surface area contributed by atoms with Crippen molar-refractivity contribution >= 4 is 17.5 Å². The topological polar surface area (TPSA) is 73.6 Å². The van der Waals surface area contributed by atoms with Gasteiger partial charge in [-0.2, -0.15) is 0 Å². The van der Waals surface area contributed by atoms with Crippen molar-refractivity contribution in [1.82, 2.24) is 5.32 Å². The van der Waals surface area contributed by atoms with Crippen LogP contribution in [0, 0.1) is 5.92 Å². The Kier molecular flexibility index (Phi) is 6.01. The lowest BCUT2D eigenvalue weighted by atomic mass is 10.0.